The molecule has 0 unspecified atom stereocenters. The molecular formula is C25H23NO. The number of hydrogen-bond acceptors (Lipinski definition) is 1. The summed E-state index contributed by atoms with van der Waals surface area (Å²) in [7, 11) is 0. The van der Waals surface area contributed by atoms with Gasteiger partial charge in [-0.15, -0.1) is 0 Å². The number of carbonyl (C=O) groups excluding carboxylic acids is 1. The van der Waals surface area contributed by atoms with Gasteiger partial charge >= 0.3 is 0 Å². The highest BCUT2D eigenvalue weighted by atomic mass is 16.2. The van der Waals surface area contributed by atoms with Crippen LogP contribution in [0.2, 0.25) is 0 Å². The lowest BCUT2D eigenvalue weighted by atomic mass is 9.98. The Morgan fingerprint density at radius 1 is 0.778 bits per heavy atom. The number of carbonyl (C=O) groups is 1. The molecule has 1 amide bonds. The van der Waals surface area contributed by atoms with Gasteiger partial charge in [0.2, 0.25) is 0 Å². The van der Waals surface area contributed by atoms with Crippen molar-refractivity contribution in [1.29, 1.82) is 0 Å². The Balaban J connectivity index is 2.06. The van der Waals surface area contributed by atoms with Crippen molar-refractivity contribution in [3.63, 3.8) is 0 Å². The zero-order valence-electron chi connectivity index (χ0n) is 15.5. The lowest BCUT2D eigenvalue weighted by Crippen LogP contribution is -2.24. The quantitative estimate of drug-likeness (QED) is 0.522. The van der Waals surface area contributed by atoms with E-state index >= 15 is 0 Å². The highest BCUT2D eigenvalue weighted by molar-refractivity contribution is 5.90. The Morgan fingerprint density at radius 2 is 1.26 bits per heavy atom. The molecule has 0 aliphatic heterocycles. The maximum atomic E-state index is 12.7. The van der Waals surface area contributed by atoms with E-state index in [0.29, 0.717) is 6.54 Å². The SMILES string of the molecule is C/C=C/C(=O)N(C=C(c1ccccc1)c1ccccc1)Cc1ccccc1. The van der Waals surface area contributed by atoms with Gasteiger partial charge in [0.1, 0.15) is 0 Å². The molecule has 0 spiro atoms. The number of rotatable bonds is 6. The molecule has 134 valence electrons. The van der Waals surface area contributed by atoms with Crippen LogP contribution in [0.5, 0.6) is 0 Å². The summed E-state index contributed by atoms with van der Waals surface area (Å²) in [6.07, 6.45) is 5.34. The third-order valence-electron chi connectivity index (χ3n) is 4.24. The van der Waals surface area contributed by atoms with Crippen molar-refractivity contribution in [2.45, 2.75) is 13.5 Å². The van der Waals surface area contributed by atoms with Gasteiger partial charge in [0.15, 0.2) is 0 Å². The lowest BCUT2D eigenvalue weighted by Gasteiger charge is -2.20. The molecule has 3 aromatic rings. The van der Waals surface area contributed by atoms with Gasteiger partial charge in [-0.05, 0) is 29.7 Å². The fourth-order valence-corrected chi connectivity index (χ4v) is 2.91. The molecule has 0 aliphatic carbocycles. The van der Waals surface area contributed by atoms with Crippen LogP contribution < -0.4 is 0 Å². The molecular weight excluding hydrogens is 330 g/mol. The second-order valence-electron chi connectivity index (χ2n) is 6.23. The Labute approximate surface area is 161 Å². The fourth-order valence-electron chi connectivity index (χ4n) is 2.91. The molecule has 0 heterocycles. The van der Waals surface area contributed by atoms with Gasteiger partial charge in [0.25, 0.3) is 5.91 Å². The van der Waals surface area contributed by atoms with Crippen molar-refractivity contribution in [1.82, 2.24) is 4.90 Å². The zero-order chi connectivity index (χ0) is 18.9. The normalized spacial score (nSPS) is 10.6. The molecule has 3 rings (SSSR count). The molecule has 0 aromatic heterocycles. The summed E-state index contributed by atoms with van der Waals surface area (Å²) in [5.74, 6) is -0.0364. The average molecular weight is 353 g/mol. The summed E-state index contributed by atoms with van der Waals surface area (Å²) in [4.78, 5) is 14.5. The molecule has 27 heavy (non-hydrogen) atoms. The molecule has 0 fully saturated rings. The molecule has 0 saturated heterocycles. The number of allylic oxidation sites excluding steroid dienone is 1. The monoisotopic (exact) mass is 353 g/mol. The molecule has 0 N–H and O–H groups in total. The first-order chi connectivity index (χ1) is 13.3. The molecule has 0 bridgehead atoms. The van der Waals surface area contributed by atoms with Crippen LogP contribution in [0.15, 0.2) is 109 Å². The van der Waals surface area contributed by atoms with Crippen molar-refractivity contribution in [3.8, 4) is 0 Å². The molecule has 0 aliphatic rings. The third-order valence-corrected chi connectivity index (χ3v) is 4.24. The van der Waals surface area contributed by atoms with Gasteiger partial charge in [-0.2, -0.15) is 0 Å². The van der Waals surface area contributed by atoms with Gasteiger partial charge in [-0.1, -0.05) is 97.1 Å². The van der Waals surface area contributed by atoms with Crippen LogP contribution in [0.25, 0.3) is 5.57 Å². The van der Waals surface area contributed by atoms with Crippen LogP contribution in [-0.4, -0.2) is 10.8 Å². The molecule has 0 atom stereocenters. The first kappa shape index (κ1) is 18.4. The van der Waals surface area contributed by atoms with Crippen molar-refractivity contribution < 1.29 is 4.79 Å². The van der Waals surface area contributed by atoms with Gasteiger partial charge in [0, 0.05) is 11.8 Å². The zero-order valence-corrected chi connectivity index (χ0v) is 15.5. The van der Waals surface area contributed by atoms with E-state index in [1.54, 1.807) is 17.1 Å². The second-order valence-corrected chi connectivity index (χ2v) is 6.23. The Hall–Kier alpha value is -3.39. The minimum atomic E-state index is -0.0364. The summed E-state index contributed by atoms with van der Waals surface area (Å²) in [5.41, 5.74) is 4.27. The van der Waals surface area contributed by atoms with E-state index in [9.17, 15) is 4.79 Å². The van der Waals surface area contributed by atoms with E-state index in [1.807, 2.05) is 79.9 Å². The second kappa shape index (κ2) is 9.35. The highest BCUT2D eigenvalue weighted by Gasteiger charge is 2.13. The average Bonchev–Trinajstić information content (AvgIpc) is 2.73. The van der Waals surface area contributed by atoms with Gasteiger partial charge in [0.05, 0.1) is 6.54 Å². The third kappa shape index (κ3) is 5.05. The fraction of sp³-hybridized carbons (Fsp3) is 0.0800. The van der Waals surface area contributed by atoms with Crippen molar-refractivity contribution in [3.05, 3.63) is 126 Å². The standard InChI is InChI=1S/C25H23NO/c1-2-12-25(27)26(19-21-13-6-3-7-14-21)20-24(22-15-8-4-9-16-22)23-17-10-5-11-18-23/h2-18,20H,19H2,1H3/b12-2+. The van der Waals surface area contributed by atoms with Crippen LogP contribution in [-0.2, 0) is 11.3 Å². The Kier molecular flexibility index (Phi) is 6.37. The van der Waals surface area contributed by atoms with Gasteiger partial charge in [-0.3, -0.25) is 4.79 Å². The number of benzene rings is 3. The van der Waals surface area contributed by atoms with Crippen LogP contribution in [0.1, 0.15) is 23.6 Å². The number of amides is 1. The van der Waals surface area contributed by atoms with Crippen molar-refractivity contribution in [2.75, 3.05) is 0 Å². The lowest BCUT2D eigenvalue weighted by molar-refractivity contribution is -0.124. The molecule has 2 nitrogen and oxygen atoms in total. The Bertz CT molecular complexity index is 871. The molecule has 0 saturated carbocycles. The van der Waals surface area contributed by atoms with Crippen LogP contribution >= 0.6 is 0 Å². The molecule has 0 radical (unpaired) electrons. The van der Waals surface area contributed by atoms with Crippen LogP contribution in [0, 0.1) is 0 Å². The van der Waals surface area contributed by atoms with Gasteiger partial charge in [-0.25, -0.2) is 0 Å². The smallest absolute Gasteiger partial charge is 0.250 e. The maximum absolute atomic E-state index is 12.7. The van der Waals surface area contributed by atoms with E-state index < -0.39 is 0 Å². The first-order valence-corrected chi connectivity index (χ1v) is 9.08. The van der Waals surface area contributed by atoms with Crippen LogP contribution in [0.3, 0.4) is 0 Å². The minimum absolute atomic E-state index is 0.0364. The number of hydrogen-bond donors (Lipinski definition) is 0. The Morgan fingerprint density at radius 3 is 1.74 bits per heavy atom. The van der Waals surface area contributed by atoms with E-state index in [2.05, 4.69) is 24.3 Å². The van der Waals surface area contributed by atoms with E-state index in [-0.39, 0.29) is 5.91 Å². The maximum Gasteiger partial charge on any atom is 0.250 e. The van der Waals surface area contributed by atoms with Gasteiger partial charge < -0.3 is 4.90 Å². The van der Waals surface area contributed by atoms with E-state index in [0.717, 1.165) is 22.3 Å². The minimum Gasteiger partial charge on any atom is -0.310 e. The predicted molar refractivity (Wildman–Crippen MR) is 112 cm³/mol. The molecule has 3 aromatic carbocycles. The summed E-state index contributed by atoms with van der Waals surface area (Å²) in [6, 6.07) is 30.4. The summed E-state index contributed by atoms with van der Waals surface area (Å²) < 4.78 is 0. The van der Waals surface area contributed by atoms with Crippen molar-refractivity contribution in [2.24, 2.45) is 0 Å². The van der Waals surface area contributed by atoms with E-state index in [4.69, 9.17) is 0 Å². The largest absolute Gasteiger partial charge is 0.310 e. The number of nitrogens with zero attached hydrogens (tertiary/aromatic N) is 1. The highest BCUT2D eigenvalue weighted by Crippen LogP contribution is 2.24. The summed E-state index contributed by atoms with van der Waals surface area (Å²) in [5, 5.41) is 0. The van der Waals surface area contributed by atoms with E-state index in [1.165, 1.54) is 0 Å². The molecule has 2 heteroatoms. The van der Waals surface area contributed by atoms with Crippen molar-refractivity contribution >= 4 is 11.5 Å². The summed E-state index contributed by atoms with van der Waals surface area (Å²) >= 11 is 0. The predicted octanol–water partition coefficient (Wildman–Crippen LogP) is 5.68. The van der Waals surface area contributed by atoms with Crippen LogP contribution in [0.4, 0.5) is 0 Å². The first-order valence-electron chi connectivity index (χ1n) is 9.08. The summed E-state index contributed by atoms with van der Waals surface area (Å²) in [6.45, 7) is 2.38. The topological polar surface area (TPSA) is 20.3 Å².